The average Bonchev–Trinajstić information content (AvgIpc) is 2.26. The first-order valence-corrected chi connectivity index (χ1v) is 5.31. The summed E-state index contributed by atoms with van der Waals surface area (Å²) >= 11 is 0. The molecule has 3 N–H and O–H groups in total. The van der Waals surface area contributed by atoms with Gasteiger partial charge in [0, 0.05) is 11.5 Å². The van der Waals surface area contributed by atoms with Crippen LogP contribution in [0.5, 0.6) is 0 Å². The second-order valence-corrected chi connectivity index (χ2v) is 3.92. The molecular formula is C13H13F3N2O. The number of hydrogen-bond acceptors (Lipinski definition) is 2. The Kier molecular flexibility index (Phi) is 4.37. The van der Waals surface area contributed by atoms with Gasteiger partial charge in [-0.2, -0.15) is 13.2 Å². The number of rotatable bonds is 0. The Morgan fingerprint density at radius 3 is 2.32 bits per heavy atom. The van der Waals surface area contributed by atoms with Crippen LogP contribution in [0.2, 0.25) is 0 Å². The Balaban J connectivity index is 0.000000399. The monoisotopic (exact) mass is 270 g/mol. The molecule has 6 heteroatoms. The van der Waals surface area contributed by atoms with Gasteiger partial charge in [0.05, 0.1) is 5.56 Å². The Bertz CT molecular complexity index is 590. The van der Waals surface area contributed by atoms with Gasteiger partial charge in [0.15, 0.2) is 0 Å². The number of aromatic nitrogens is 1. The Labute approximate surface area is 108 Å². The third kappa shape index (κ3) is 4.50. The van der Waals surface area contributed by atoms with Gasteiger partial charge in [0.25, 0.3) is 5.82 Å². The largest absolute Gasteiger partial charge is 0.876 e. The summed E-state index contributed by atoms with van der Waals surface area (Å²) < 4.78 is 37.1. The molecule has 0 unspecified atom stereocenters. The van der Waals surface area contributed by atoms with E-state index < -0.39 is 11.7 Å². The van der Waals surface area contributed by atoms with E-state index in [2.05, 4.69) is 11.6 Å². The number of aromatic amines is 1. The molecule has 0 aliphatic heterocycles. The molecule has 0 saturated carbocycles. The maximum Gasteiger partial charge on any atom is 0.416 e. The van der Waals surface area contributed by atoms with Crippen molar-refractivity contribution in [3.63, 3.8) is 0 Å². The van der Waals surface area contributed by atoms with E-state index in [1.54, 1.807) is 12.1 Å². The van der Waals surface area contributed by atoms with Gasteiger partial charge in [0.2, 0.25) is 0 Å². The molecule has 2 aromatic rings. The molecule has 102 valence electrons. The van der Waals surface area contributed by atoms with Crippen LogP contribution < -0.4 is 15.8 Å². The lowest BCUT2D eigenvalue weighted by Crippen LogP contribution is -2.12. The summed E-state index contributed by atoms with van der Waals surface area (Å²) in [5.41, 5.74) is 5.14. The van der Waals surface area contributed by atoms with Crippen LogP contribution in [0.1, 0.15) is 12.5 Å². The first-order valence-electron chi connectivity index (χ1n) is 5.31. The minimum atomic E-state index is -4.33. The fourth-order valence-corrected chi connectivity index (χ4v) is 1.36. The van der Waals surface area contributed by atoms with Crippen LogP contribution in [0.15, 0.2) is 42.7 Å². The number of nitrogens with two attached hydrogens (primary N) is 1. The lowest BCUT2D eigenvalue weighted by molar-refractivity contribution is -0.326. The molecule has 0 amide bonds. The highest BCUT2D eigenvalue weighted by atomic mass is 19.4. The summed E-state index contributed by atoms with van der Waals surface area (Å²) in [7, 11) is 0. The third-order valence-corrected chi connectivity index (χ3v) is 2.10. The van der Waals surface area contributed by atoms with Gasteiger partial charge in [0.1, 0.15) is 5.52 Å². The molecule has 0 bridgehead atoms. The fraction of sp³-hybridized carbons (Fsp3) is 0.154. The van der Waals surface area contributed by atoms with E-state index in [4.69, 9.17) is 5.73 Å². The van der Waals surface area contributed by atoms with Crippen molar-refractivity contribution in [3.05, 3.63) is 48.2 Å². The van der Waals surface area contributed by atoms with Crippen LogP contribution in [0.25, 0.3) is 10.9 Å². The van der Waals surface area contributed by atoms with Gasteiger partial charge in [-0.3, -0.25) is 5.73 Å². The quantitative estimate of drug-likeness (QED) is 0.745. The summed E-state index contributed by atoms with van der Waals surface area (Å²) in [4.78, 5) is 2.68. The van der Waals surface area contributed by atoms with Crippen LogP contribution in [0, 0.1) is 0 Å². The van der Waals surface area contributed by atoms with Crippen molar-refractivity contribution in [1.82, 2.24) is 0 Å². The van der Waals surface area contributed by atoms with E-state index in [-0.39, 0.29) is 5.76 Å². The van der Waals surface area contributed by atoms with Gasteiger partial charge in [-0.05, 0) is 18.2 Å². The molecule has 1 heterocycles. The molecule has 2 rings (SSSR count). The molecule has 0 atom stereocenters. The van der Waals surface area contributed by atoms with E-state index in [9.17, 15) is 18.3 Å². The maximum absolute atomic E-state index is 12.4. The Hall–Kier alpha value is -2.24. The van der Waals surface area contributed by atoms with Crippen LogP contribution in [0.4, 0.5) is 19.0 Å². The number of halogens is 3. The molecule has 0 radical (unpaired) electrons. The zero-order chi connectivity index (χ0) is 14.6. The maximum atomic E-state index is 12.4. The minimum Gasteiger partial charge on any atom is -0.876 e. The molecule has 3 nitrogen and oxygen atoms in total. The minimum absolute atomic E-state index is 0.0833. The number of nitrogens with one attached hydrogen (secondary N) is 1. The van der Waals surface area contributed by atoms with Crippen molar-refractivity contribution in [3.8, 4) is 0 Å². The van der Waals surface area contributed by atoms with Gasteiger partial charge in [-0.1, -0.05) is 13.0 Å². The molecule has 1 aromatic heterocycles. The van der Waals surface area contributed by atoms with Crippen molar-refractivity contribution in [2.24, 2.45) is 0 Å². The van der Waals surface area contributed by atoms with Gasteiger partial charge in [-0.25, -0.2) is 4.98 Å². The predicted octanol–water partition coefficient (Wildman–Crippen LogP) is 2.14. The predicted molar refractivity (Wildman–Crippen MR) is 64.7 cm³/mol. The molecule has 0 aliphatic rings. The number of nitrogen functional groups attached to an aromatic ring is 1. The highest BCUT2D eigenvalue weighted by Crippen LogP contribution is 2.30. The van der Waals surface area contributed by atoms with Gasteiger partial charge < -0.3 is 5.11 Å². The van der Waals surface area contributed by atoms with Crippen molar-refractivity contribution in [2.45, 2.75) is 13.1 Å². The number of fused-ring (bicyclic) bond motifs is 1. The molecule has 0 saturated heterocycles. The zero-order valence-corrected chi connectivity index (χ0v) is 10.2. The lowest BCUT2D eigenvalue weighted by atomic mass is 10.1. The normalized spacial score (nSPS) is 10.7. The zero-order valence-electron chi connectivity index (χ0n) is 10.2. The van der Waals surface area contributed by atoms with Crippen LogP contribution in [-0.4, -0.2) is 0 Å². The molecule has 1 aromatic carbocycles. The van der Waals surface area contributed by atoms with Crippen LogP contribution in [0.3, 0.4) is 0 Å². The molecule has 19 heavy (non-hydrogen) atoms. The van der Waals surface area contributed by atoms with E-state index >= 15 is 0 Å². The van der Waals surface area contributed by atoms with Crippen molar-refractivity contribution in [2.75, 3.05) is 5.73 Å². The molecule has 0 fully saturated rings. The highest BCUT2D eigenvalue weighted by molar-refractivity contribution is 5.76. The second-order valence-electron chi connectivity index (χ2n) is 3.92. The number of benzene rings is 1. The summed E-state index contributed by atoms with van der Waals surface area (Å²) in [6.07, 6.45) is -4.33. The molecular weight excluding hydrogens is 257 g/mol. The number of pyridine rings is 1. The van der Waals surface area contributed by atoms with Gasteiger partial charge in [-0.15, -0.1) is 12.3 Å². The SMILES string of the molecule is C=C(C)[O-].Nc1ccc2ccc(C(F)(F)F)cc2[nH+]1. The van der Waals surface area contributed by atoms with Crippen molar-refractivity contribution in [1.29, 1.82) is 0 Å². The van der Waals surface area contributed by atoms with E-state index in [0.717, 1.165) is 12.1 Å². The number of alkyl halides is 3. The van der Waals surface area contributed by atoms with E-state index in [0.29, 0.717) is 16.7 Å². The first kappa shape index (κ1) is 14.8. The Morgan fingerprint density at radius 2 is 1.79 bits per heavy atom. The second kappa shape index (κ2) is 5.60. The fourth-order valence-electron chi connectivity index (χ4n) is 1.36. The summed E-state index contributed by atoms with van der Waals surface area (Å²) in [6, 6.07) is 6.78. The molecule has 0 aliphatic carbocycles. The average molecular weight is 270 g/mol. The topological polar surface area (TPSA) is 63.2 Å². The van der Waals surface area contributed by atoms with E-state index in [1.165, 1.54) is 13.0 Å². The number of hydrogen-bond donors (Lipinski definition) is 1. The molecule has 0 spiro atoms. The van der Waals surface area contributed by atoms with Crippen LogP contribution >= 0.6 is 0 Å². The number of anilines is 1. The van der Waals surface area contributed by atoms with E-state index in [1.807, 2.05) is 0 Å². The first-order chi connectivity index (χ1) is 8.70. The Morgan fingerprint density at radius 1 is 1.26 bits per heavy atom. The summed E-state index contributed by atoms with van der Waals surface area (Å²) in [5, 5.41) is 10.0. The van der Waals surface area contributed by atoms with Crippen molar-refractivity contribution < 1.29 is 23.3 Å². The standard InChI is InChI=1S/C10H7F3N2.C3H6O/c11-10(12,13)7-3-1-6-2-4-9(14)15-8(6)5-7;1-3(2)4/h1-5H,(H2,14,15);4H,1H2,2H3. The van der Waals surface area contributed by atoms with Crippen molar-refractivity contribution >= 4 is 16.7 Å². The highest BCUT2D eigenvalue weighted by Gasteiger charge is 2.30. The third-order valence-electron chi connectivity index (χ3n) is 2.10. The summed E-state index contributed by atoms with van der Waals surface area (Å²) in [6.45, 7) is 4.42. The van der Waals surface area contributed by atoms with Crippen LogP contribution in [-0.2, 0) is 6.18 Å². The lowest BCUT2D eigenvalue weighted by Gasteiger charge is -2.06. The smallest absolute Gasteiger partial charge is 0.416 e. The number of H-pyrrole nitrogens is 1. The number of allylic oxidation sites excluding steroid dienone is 1. The van der Waals surface area contributed by atoms with Gasteiger partial charge >= 0.3 is 6.18 Å². The summed E-state index contributed by atoms with van der Waals surface area (Å²) in [5.74, 6) is 0.252.